The number of anilines is 2. The van der Waals surface area contributed by atoms with Gasteiger partial charge in [0.15, 0.2) is 5.11 Å². The average molecular weight is 258 g/mol. The summed E-state index contributed by atoms with van der Waals surface area (Å²) in [7, 11) is 0. The molecule has 2 rings (SSSR count). The SMILES string of the molecule is Cc1ccc(NC(=S)NNc2ccccn2)cc1. The van der Waals surface area contributed by atoms with Crippen LogP contribution >= 0.6 is 12.2 Å². The lowest BCUT2D eigenvalue weighted by atomic mass is 10.2. The highest BCUT2D eigenvalue weighted by atomic mass is 32.1. The molecule has 0 aliphatic heterocycles. The topological polar surface area (TPSA) is 49.0 Å². The lowest BCUT2D eigenvalue weighted by Gasteiger charge is -2.11. The van der Waals surface area contributed by atoms with Gasteiger partial charge in [-0.2, -0.15) is 0 Å². The molecule has 0 aliphatic carbocycles. The van der Waals surface area contributed by atoms with Gasteiger partial charge in [0.1, 0.15) is 5.82 Å². The molecule has 18 heavy (non-hydrogen) atoms. The Kier molecular flexibility index (Phi) is 4.09. The first-order valence-corrected chi connectivity index (χ1v) is 5.95. The zero-order chi connectivity index (χ0) is 12.8. The molecule has 1 heterocycles. The summed E-state index contributed by atoms with van der Waals surface area (Å²) in [6.45, 7) is 2.04. The van der Waals surface area contributed by atoms with Crippen LogP contribution in [0.25, 0.3) is 0 Å². The number of hydrogen-bond acceptors (Lipinski definition) is 3. The van der Waals surface area contributed by atoms with Gasteiger partial charge in [-0.1, -0.05) is 23.8 Å². The van der Waals surface area contributed by atoms with E-state index in [9.17, 15) is 0 Å². The van der Waals surface area contributed by atoms with E-state index in [-0.39, 0.29) is 0 Å². The van der Waals surface area contributed by atoms with E-state index in [0.717, 1.165) is 5.69 Å². The second kappa shape index (κ2) is 5.97. The number of hydrazine groups is 1. The van der Waals surface area contributed by atoms with Crippen LogP contribution in [0.4, 0.5) is 11.5 Å². The van der Waals surface area contributed by atoms with Gasteiger partial charge in [0.05, 0.1) is 0 Å². The van der Waals surface area contributed by atoms with Crippen molar-refractivity contribution in [3.8, 4) is 0 Å². The number of hydrogen-bond donors (Lipinski definition) is 3. The molecule has 0 fully saturated rings. The first-order valence-electron chi connectivity index (χ1n) is 5.55. The molecule has 2 aromatic rings. The Morgan fingerprint density at radius 2 is 1.89 bits per heavy atom. The maximum absolute atomic E-state index is 5.16. The van der Waals surface area contributed by atoms with Crippen molar-refractivity contribution in [3.05, 3.63) is 54.2 Å². The number of rotatable bonds is 3. The van der Waals surface area contributed by atoms with Crippen molar-refractivity contribution in [2.75, 3.05) is 10.7 Å². The Balaban J connectivity index is 1.84. The molecule has 0 atom stereocenters. The molecule has 0 radical (unpaired) electrons. The molecule has 1 aromatic carbocycles. The number of nitrogens with one attached hydrogen (secondary N) is 3. The van der Waals surface area contributed by atoms with Gasteiger partial charge >= 0.3 is 0 Å². The average Bonchev–Trinajstić information content (AvgIpc) is 2.40. The third-order valence-electron chi connectivity index (χ3n) is 2.28. The molecular formula is C13H14N4S. The van der Waals surface area contributed by atoms with Crippen molar-refractivity contribution in [1.29, 1.82) is 0 Å². The highest BCUT2D eigenvalue weighted by Gasteiger charge is 1.97. The van der Waals surface area contributed by atoms with Crippen molar-refractivity contribution < 1.29 is 0 Å². The fourth-order valence-electron chi connectivity index (χ4n) is 1.36. The summed E-state index contributed by atoms with van der Waals surface area (Å²) in [6, 6.07) is 13.6. The van der Waals surface area contributed by atoms with Crippen molar-refractivity contribution in [2.24, 2.45) is 0 Å². The van der Waals surface area contributed by atoms with Gasteiger partial charge in [-0.05, 0) is 43.4 Å². The Bertz CT molecular complexity index is 510. The number of nitrogens with zero attached hydrogens (tertiary/aromatic N) is 1. The normalized spacial score (nSPS) is 9.61. The predicted molar refractivity (Wildman–Crippen MR) is 78.4 cm³/mol. The van der Waals surface area contributed by atoms with Crippen LogP contribution in [-0.4, -0.2) is 10.1 Å². The summed E-state index contributed by atoms with van der Waals surface area (Å²) >= 11 is 5.16. The number of thiocarbonyl (C=S) groups is 1. The lowest BCUT2D eigenvalue weighted by Crippen LogP contribution is -2.33. The fraction of sp³-hybridized carbons (Fsp3) is 0.0769. The highest BCUT2D eigenvalue weighted by molar-refractivity contribution is 7.80. The van der Waals surface area contributed by atoms with Crippen LogP contribution in [0.15, 0.2) is 48.7 Å². The molecule has 0 saturated carbocycles. The Labute approximate surface area is 111 Å². The molecule has 0 spiro atoms. The molecule has 5 heteroatoms. The number of aromatic nitrogens is 1. The quantitative estimate of drug-likeness (QED) is 0.584. The van der Waals surface area contributed by atoms with Crippen LogP contribution in [0.5, 0.6) is 0 Å². The minimum atomic E-state index is 0.490. The fourth-order valence-corrected chi connectivity index (χ4v) is 1.53. The standard InChI is InChI=1S/C13H14N4S/c1-10-5-7-11(8-6-10)15-13(18)17-16-12-4-2-3-9-14-12/h2-9H,1H3,(H,14,16)(H2,15,17,18). The van der Waals surface area contributed by atoms with Crippen LogP contribution < -0.4 is 16.2 Å². The van der Waals surface area contributed by atoms with Crippen LogP contribution in [0.3, 0.4) is 0 Å². The first-order chi connectivity index (χ1) is 8.74. The van der Waals surface area contributed by atoms with E-state index < -0.39 is 0 Å². The van der Waals surface area contributed by atoms with Gasteiger partial charge in [0, 0.05) is 11.9 Å². The molecule has 0 unspecified atom stereocenters. The van der Waals surface area contributed by atoms with E-state index in [1.807, 2.05) is 49.4 Å². The van der Waals surface area contributed by atoms with Crippen molar-refractivity contribution in [3.63, 3.8) is 0 Å². The maximum atomic E-state index is 5.16. The summed E-state index contributed by atoms with van der Waals surface area (Å²) < 4.78 is 0. The summed E-state index contributed by atoms with van der Waals surface area (Å²) in [5.74, 6) is 0.713. The number of pyridine rings is 1. The smallest absolute Gasteiger partial charge is 0.189 e. The van der Waals surface area contributed by atoms with Gasteiger partial charge in [0.25, 0.3) is 0 Å². The molecule has 3 N–H and O–H groups in total. The predicted octanol–water partition coefficient (Wildman–Crippen LogP) is 2.70. The van der Waals surface area contributed by atoms with Crippen LogP contribution in [0.1, 0.15) is 5.56 Å². The van der Waals surface area contributed by atoms with Crippen LogP contribution in [0, 0.1) is 6.92 Å². The molecule has 0 aliphatic rings. The zero-order valence-corrected chi connectivity index (χ0v) is 10.8. The number of aryl methyl sites for hydroxylation is 1. The molecule has 92 valence electrons. The van der Waals surface area contributed by atoms with E-state index in [4.69, 9.17) is 12.2 Å². The molecule has 1 aromatic heterocycles. The molecule has 0 bridgehead atoms. The molecule has 0 saturated heterocycles. The van der Waals surface area contributed by atoms with Crippen molar-refractivity contribution >= 4 is 28.8 Å². The Morgan fingerprint density at radius 3 is 2.56 bits per heavy atom. The van der Waals surface area contributed by atoms with Crippen LogP contribution in [-0.2, 0) is 0 Å². The third kappa shape index (κ3) is 3.71. The van der Waals surface area contributed by atoms with Gasteiger partial charge in [-0.3, -0.25) is 10.9 Å². The van der Waals surface area contributed by atoms with Gasteiger partial charge in [-0.25, -0.2) is 4.98 Å². The van der Waals surface area contributed by atoms with E-state index in [2.05, 4.69) is 21.2 Å². The summed E-state index contributed by atoms with van der Waals surface area (Å²) in [4.78, 5) is 4.11. The molecule has 4 nitrogen and oxygen atoms in total. The van der Waals surface area contributed by atoms with Crippen LogP contribution in [0.2, 0.25) is 0 Å². The minimum absolute atomic E-state index is 0.490. The maximum Gasteiger partial charge on any atom is 0.189 e. The Morgan fingerprint density at radius 1 is 1.11 bits per heavy atom. The monoisotopic (exact) mass is 258 g/mol. The highest BCUT2D eigenvalue weighted by Crippen LogP contribution is 2.08. The van der Waals surface area contributed by atoms with Gasteiger partial charge in [0.2, 0.25) is 0 Å². The van der Waals surface area contributed by atoms with Gasteiger partial charge in [-0.15, -0.1) is 0 Å². The summed E-state index contributed by atoms with van der Waals surface area (Å²) in [5.41, 5.74) is 7.94. The second-order valence-corrected chi connectivity index (χ2v) is 4.19. The number of benzene rings is 1. The third-order valence-corrected chi connectivity index (χ3v) is 2.48. The largest absolute Gasteiger partial charge is 0.331 e. The van der Waals surface area contributed by atoms with Crippen molar-refractivity contribution in [2.45, 2.75) is 6.92 Å². The van der Waals surface area contributed by atoms with E-state index in [1.54, 1.807) is 6.20 Å². The summed E-state index contributed by atoms with van der Waals surface area (Å²) in [6.07, 6.45) is 1.71. The first kappa shape index (κ1) is 12.3. The van der Waals surface area contributed by atoms with E-state index in [0.29, 0.717) is 10.9 Å². The van der Waals surface area contributed by atoms with E-state index >= 15 is 0 Å². The Hall–Kier alpha value is -2.14. The molecule has 0 amide bonds. The minimum Gasteiger partial charge on any atom is -0.331 e. The van der Waals surface area contributed by atoms with Gasteiger partial charge < -0.3 is 5.32 Å². The van der Waals surface area contributed by atoms with Crippen molar-refractivity contribution in [1.82, 2.24) is 10.4 Å². The second-order valence-electron chi connectivity index (χ2n) is 3.79. The lowest BCUT2D eigenvalue weighted by molar-refractivity contribution is 1.10. The zero-order valence-electron chi connectivity index (χ0n) is 9.97. The summed E-state index contributed by atoms with van der Waals surface area (Å²) in [5, 5.41) is 3.56. The van der Waals surface area contributed by atoms with E-state index in [1.165, 1.54) is 5.56 Å². The molecular weight excluding hydrogens is 244 g/mol.